The summed E-state index contributed by atoms with van der Waals surface area (Å²) in [6, 6.07) is 16.4. The Bertz CT molecular complexity index is 1230. The molecule has 9 nitrogen and oxygen atoms in total. The molecule has 0 atom stereocenters. The molecular formula is C22H24N6O3S. The van der Waals surface area contributed by atoms with Crippen LogP contribution in [0.5, 0.6) is 0 Å². The van der Waals surface area contributed by atoms with Crippen molar-refractivity contribution in [2.24, 2.45) is 5.73 Å². The van der Waals surface area contributed by atoms with Gasteiger partial charge in [0.2, 0.25) is 0 Å². The summed E-state index contributed by atoms with van der Waals surface area (Å²) in [7, 11) is -3.63. The molecule has 0 unspecified atom stereocenters. The average molecular weight is 453 g/mol. The van der Waals surface area contributed by atoms with Gasteiger partial charge in [-0.1, -0.05) is 18.2 Å². The van der Waals surface area contributed by atoms with E-state index in [0.29, 0.717) is 48.7 Å². The summed E-state index contributed by atoms with van der Waals surface area (Å²) in [5, 5.41) is 5.32. The number of rotatable bonds is 7. The lowest BCUT2D eigenvalue weighted by atomic mass is 10.1. The van der Waals surface area contributed by atoms with E-state index < -0.39 is 14.6 Å². The minimum Gasteiger partial charge on any atom is -0.384 e. The maximum atomic E-state index is 13.3. The predicted octanol–water partition coefficient (Wildman–Crippen LogP) is 2.27. The second-order valence-electron chi connectivity index (χ2n) is 7.56. The quantitative estimate of drug-likeness (QED) is 0.429. The molecule has 1 fully saturated rings. The Morgan fingerprint density at radius 1 is 1.03 bits per heavy atom. The van der Waals surface area contributed by atoms with Crippen LogP contribution in [0, 0.1) is 0 Å². The maximum Gasteiger partial charge on any atom is 0.319 e. The number of carbonyl (C=O) groups is 1. The number of sulfone groups is 1. The standard InChI is InChI=1S/C22H24N6O3S/c23-12-13-25-21(29)26-16-8-6-15(7-9-16)20-27-18(14-19(24)28-20)22(10-11-22)32(30,31)17-4-2-1-3-5-17/h1-9,14H,10-13,23H2,(H2,24,27,28)(H2,25,26,29). The van der Waals surface area contributed by atoms with E-state index in [4.69, 9.17) is 11.5 Å². The zero-order valence-corrected chi connectivity index (χ0v) is 18.1. The number of carbonyl (C=O) groups excluding carboxylic acids is 1. The number of nitrogen functional groups attached to an aromatic ring is 1. The van der Waals surface area contributed by atoms with Gasteiger partial charge in [0.15, 0.2) is 15.7 Å². The highest BCUT2D eigenvalue weighted by molar-refractivity contribution is 7.92. The normalized spacial score (nSPS) is 14.5. The Kier molecular flexibility index (Phi) is 5.81. The van der Waals surface area contributed by atoms with Crippen LogP contribution in [-0.4, -0.2) is 37.5 Å². The van der Waals surface area contributed by atoms with Gasteiger partial charge < -0.3 is 22.1 Å². The number of amides is 2. The van der Waals surface area contributed by atoms with E-state index in [2.05, 4.69) is 20.6 Å². The van der Waals surface area contributed by atoms with Crippen LogP contribution in [0.15, 0.2) is 65.6 Å². The number of anilines is 2. The third-order valence-corrected chi connectivity index (χ3v) is 7.85. The molecule has 2 aromatic carbocycles. The van der Waals surface area contributed by atoms with Crippen LogP contribution in [0.1, 0.15) is 18.5 Å². The third kappa shape index (κ3) is 4.14. The largest absolute Gasteiger partial charge is 0.384 e. The number of nitrogens with two attached hydrogens (primary N) is 2. The number of hydrogen-bond acceptors (Lipinski definition) is 7. The molecule has 1 aromatic heterocycles. The second kappa shape index (κ2) is 8.56. The number of nitrogens with one attached hydrogen (secondary N) is 2. The predicted molar refractivity (Wildman–Crippen MR) is 122 cm³/mol. The fourth-order valence-electron chi connectivity index (χ4n) is 3.49. The van der Waals surface area contributed by atoms with Gasteiger partial charge in [-0.05, 0) is 49.2 Å². The molecule has 0 bridgehead atoms. The molecule has 1 aliphatic rings. The van der Waals surface area contributed by atoms with Crippen molar-refractivity contribution in [1.29, 1.82) is 0 Å². The summed E-state index contributed by atoms with van der Waals surface area (Å²) in [5.74, 6) is 0.525. The summed E-state index contributed by atoms with van der Waals surface area (Å²) in [4.78, 5) is 20.9. The summed E-state index contributed by atoms with van der Waals surface area (Å²) in [5.41, 5.74) is 13.0. The van der Waals surface area contributed by atoms with E-state index >= 15 is 0 Å². The zero-order valence-electron chi connectivity index (χ0n) is 17.3. The molecule has 0 radical (unpaired) electrons. The molecule has 1 saturated carbocycles. The van der Waals surface area contributed by atoms with Gasteiger partial charge in [0.05, 0.1) is 10.6 Å². The highest BCUT2D eigenvalue weighted by Crippen LogP contribution is 2.54. The first kappa shape index (κ1) is 21.7. The van der Waals surface area contributed by atoms with Crippen molar-refractivity contribution in [2.45, 2.75) is 22.5 Å². The van der Waals surface area contributed by atoms with Gasteiger partial charge >= 0.3 is 6.03 Å². The second-order valence-corrected chi connectivity index (χ2v) is 9.82. The number of urea groups is 1. The van der Waals surface area contributed by atoms with Crippen molar-refractivity contribution in [3.8, 4) is 11.4 Å². The minimum absolute atomic E-state index is 0.197. The first-order valence-corrected chi connectivity index (χ1v) is 11.6. The van der Waals surface area contributed by atoms with Gasteiger partial charge in [-0.15, -0.1) is 0 Å². The monoisotopic (exact) mass is 452 g/mol. The van der Waals surface area contributed by atoms with Gasteiger partial charge in [0.25, 0.3) is 0 Å². The topological polar surface area (TPSA) is 153 Å². The number of hydrogen-bond donors (Lipinski definition) is 4. The number of nitrogens with zero attached hydrogens (tertiary/aromatic N) is 2. The van der Waals surface area contributed by atoms with Crippen LogP contribution in [-0.2, 0) is 14.6 Å². The van der Waals surface area contributed by atoms with Gasteiger partial charge in [-0.25, -0.2) is 23.2 Å². The highest BCUT2D eigenvalue weighted by atomic mass is 32.2. The summed E-state index contributed by atoms with van der Waals surface area (Å²) in [6.07, 6.45) is 0.946. The Labute approximate surface area is 186 Å². The van der Waals surface area contributed by atoms with Gasteiger partial charge in [-0.2, -0.15) is 0 Å². The Balaban J connectivity index is 1.62. The average Bonchev–Trinajstić information content (AvgIpc) is 3.61. The van der Waals surface area contributed by atoms with Crippen LogP contribution in [0.4, 0.5) is 16.3 Å². The molecule has 0 aliphatic heterocycles. The number of benzene rings is 2. The van der Waals surface area contributed by atoms with Crippen LogP contribution in [0.2, 0.25) is 0 Å². The molecule has 32 heavy (non-hydrogen) atoms. The fourth-order valence-corrected chi connectivity index (χ4v) is 5.48. The SMILES string of the molecule is NCCNC(=O)Nc1ccc(-c2nc(N)cc(C3(S(=O)(=O)c4ccccc4)CC3)n2)cc1. The van der Waals surface area contributed by atoms with Crippen molar-refractivity contribution >= 4 is 27.4 Å². The van der Waals surface area contributed by atoms with Crippen molar-refractivity contribution in [2.75, 3.05) is 24.1 Å². The van der Waals surface area contributed by atoms with Crippen molar-refractivity contribution in [3.05, 3.63) is 66.4 Å². The lowest BCUT2D eigenvalue weighted by Gasteiger charge is -2.17. The number of aromatic nitrogens is 2. The lowest BCUT2D eigenvalue weighted by molar-refractivity contribution is 0.252. The zero-order chi connectivity index (χ0) is 22.8. The van der Waals surface area contributed by atoms with Gasteiger partial charge in [0, 0.05) is 30.4 Å². The smallest absolute Gasteiger partial charge is 0.319 e. The summed E-state index contributed by atoms with van der Waals surface area (Å²) in [6.45, 7) is 0.723. The Hall–Kier alpha value is -3.50. The van der Waals surface area contributed by atoms with E-state index in [1.54, 1.807) is 54.6 Å². The van der Waals surface area contributed by atoms with Crippen LogP contribution in [0.25, 0.3) is 11.4 Å². The van der Waals surface area contributed by atoms with E-state index in [-0.39, 0.29) is 16.7 Å². The van der Waals surface area contributed by atoms with Gasteiger partial charge in [0.1, 0.15) is 10.6 Å². The van der Waals surface area contributed by atoms with Gasteiger partial charge in [-0.3, -0.25) is 0 Å². The molecule has 1 aliphatic carbocycles. The summed E-state index contributed by atoms with van der Waals surface area (Å²) < 4.78 is 25.6. The Morgan fingerprint density at radius 3 is 2.34 bits per heavy atom. The third-order valence-electron chi connectivity index (χ3n) is 5.32. The fraction of sp³-hybridized carbons (Fsp3) is 0.227. The maximum absolute atomic E-state index is 13.3. The molecule has 0 spiro atoms. The van der Waals surface area contributed by atoms with Crippen LogP contribution in [0.3, 0.4) is 0 Å². The van der Waals surface area contributed by atoms with Crippen LogP contribution < -0.4 is 22.1 Å². The summed E-state index contributed by atoms with van der Waals surface area (Å²) >= 11 is 0. The molecule has 4 rings (SSSR count). The molecular weight excluding hydrogens is 428 g/mol. The van der Waals surface area contributed by atoms with E-state index in [9.17, 15) is 13.2 Å². The van der Waals surface area contributed by atoms with Crippen molar-refractivity contribution in [3.63, 3.8) is 0 Å². The Morgan fingerprint density at radius 2 is 1.72 bits per heavy atom. The molecule has 0 saturated heterocycles. The first-order chi connectivity index (χ1) is 15.4. The molecule has 2 amide bonds. The minimum atomic E-state index is -3.63. The van der Waals surface area contributed by atoms with Crippen molar-refractivity contribution < 1.29 is 13.2 Å². The van der Waals surface area contributed by atoms with E-state index in [1.807, 2.05) is 0 Å². The lowest BCUT2D eigenvalue weighted by Crippen LogP contribution is -2.32. The van der Waals surface area contributed by atoms with Crippen LogP contribution >= 0.6 is 0 Å². The van der Waals surface area contributed by atoms with Crippen molar-refractivity contribution in [1.82, 2.24) is 15.3 Å². The molecule has 166 valence electrons. The molecule has 3 aromatic rings. The highest BCUT2D eigenvalue weighted by Gasteiger charge is 2.57. The van der Waals surface area contributed by atoms with E-state index in [1.165, 1.54) is 6.07 Å². The molecule has 1 heterocycles. The molecule has 6 N–H and O–H groups in total. The van der Waals surface area contributed by atoms with E-state index in [0.717, 1.165) is 0 Å². The first-order valence-electron chi connectivity index (χ1n) is 10.2. The molecule has 10 heteroatoms.